The Morgan fingerprint density at radius 2 is 1.97 bits per heavy atom. The first-order valence-corrected chi connectivity index (χ1v) is 11.1. The number of aryl methyl sites for hydroxylation is 1. The molecule has 0 radical (unpaired) electrons. The number of nitrogens with zero attached hydrogens (tertiary/aromatic N) is 2. The second-order valence-corrected chi connectivity index (χ2v) is 8.35. The van der Waals surface area contributed by atoms with Crippen molar-refractivity contribution in [3.8, 4) is 5.75 Å². The van der Waals surface area contributed by atoms with Crippen LogP contribution in [0.25, 0.3) is 5.76 Å². The van der Waals surface area contributed by atoms with Crippen molar-refractivity contribution in [3.05, 3.63) is 112 Å². The average Bonchev–Trinajstić information content (AvgIpc) is 3.08. The van der Waals surface area contributed by atoms with Gasteiger partial charge in [0, 0.05) is 29.5 Å². The standard InChI is InChI=1S/C27H23ClN2O4/c1-3-13-34-21-10-11-22(17(2)14-21)25(31)23-24(19-6-8-20(28)9-7-19)30(27(33)26(23)32)16-18-5-4-12-29-15-18/h3-12,14-15,24,31H,1,13,16H2,2H3/b25-23-. The molecule has 4 rings (SSSR count). The lowest BCUT2D eigenvalue weighted by molar-refractivity contribution is -0.140. The van der Waals surface area contributed by atoms with E-state index in [0.29, 0.717) is 34.1 Å². The normalized spacial score (nSPS) is 17.1. The van der Waals surface area contributed by atoms with Crippen molar-refractivity contribution in [2.45, 2.75) is 19.5 Å². The number of hydrogen-bond donors (Lipinski definition) is 1. The fraction of sp³-hybridized carbons (Fsp3) is 0.148. The summed E-state index contributed by atoms with van der Waals surface area (Å²) in [6.07, 6.45) is 4.92. The Morgan fingerprint density at radius 3 is 2.62 bits per heavy atom. The van der Waals surface area contributed by atoms with Crippen molar-refractivity contribution in [1.82, 2.24) is 9.88 Å². The highest BCUT2D eigenvalue weighted by Gasteiger charge is 2.46. The summed E-state index contributed by atoms with van der Waals surface area (Å²) in [7, 11) is 0. The Hall–Kier alpha value is -3.90. The summed E-state index contributed by atoms with van der Waals surface area (Å²) in [5.74, 6) is -1.05. The van der Waals surface area contributed by atoms with Gasteiger partial charge in [0.15, 0.2) is 0 Å². The predicted molar refractivity (Wildman–Crippen MR) is 130 cm³/mol. The van der Waals surface area contributed by atoms with Crippen LogP contribution in [-0.4, -0.2) is 33.3 Å². The van der Waals surface area contributed by atoms with E-state index in [1.807, 2.05) is 6.07 Å². The van der Waals surface area contributed by atoms with Crippen molar-refractivity contribution in [2.75, 3.05) is 6.61 Å². The third kappa shape index (κ3) is 4.58. The lowest BCUT2D eigenvalue weighted by Crippen LogP contribution is -2.29. The Labute approximate surface area is 202 Å². The Kier molecular flexibility index (Phi) is 6.80. The summed E-state index contributed by atoms with van der Waals surface area (Å²) >= 11 is 6.07. The molecule has 1 N–H and O–H groups in total. The van der Waals surface area contributed by atoms with Crippen molar-refractivity contribution in [2.24, 2.45) is 0 Å². The quantitative estimate of drug-likeness (QED) is 0.219. The average molecular weight is 475 g/mol. The monoisotopic (exact) mass is 474 g/mol. The molecule has 34 heavy (non-hydrogen) atoms. The first kappa shape index (κ1) is 23.3. The number of amides is 1. The number of aliphatic hydroxyl groups is 1. The fourth-order valence-electron chi connectivity index (χ4n) is 4.01. The molecule has 1 unspecified atom stereocenters. The van der Waals surface area contributed by atoms with E-state index in [9.17, 15) is 14.7 Å². The molecule has 0 saturated carbocycles. The number of aromatic nitrogens is 1. The molecule has 172 valence electrons. The van der Waals surface area contributed by atoms with Crippen molar-refractivity contribution in [3.63, 3.8) is 0 Å². The molecular formula is C27H23ClN2O4. The first-order valence-electron chi connectivity index (χ1n) is 10.7. The number of pyridine rings is 1. The Morgan fingerprint density at radius 1 is 1.21 bits per heavy atom. The van der Waals surface area contributed by atoms with E-state index >= 15 is 0 Å². The van der Waals surface area contributed by atoms with Crippen LogP contribution >= 0.6 is 11.6 Å². The van der Waals surface area contributed by atoms with Crippen LogP contribution in [-0.2, 0) is 16.1 Å². The molecule has 3 aromatic rings. The van der Waals surface area contributed by atoms with E-state index in [-0.39, 0.29) is 17.9 Å². The second-order valence-electron chi connectivity index (χ2n) is 7.92. The molecule has 1 saturated heterocycles. The summed E-state index contributed by atoms with van der Waals surface area (Å²) in [5.41, 5.74) is 2.61. The van der Waals surface area contributed by atoms with Crippen molar-refractivity contribution >= 4 is 29.1 Å². The van der Waals surface area contributed by atoms with Gasteiger partial charge in [-0.15, -0.1) is 0 Å². The minimum Gasteiger partial charge on any atom is -0.507 e. The number of Topliss-reactive ketones (excluding diaryl/α,β-unsaturated/α-hetero) is 1. The summed E-state index contributed by atoms with van der Waals surface area (Å²) in [5, 5.41) is 11.8. The summed E-state index contributed by atoms with van der Waals surface area (Å²) in [6, 6.07) is 14.8. The molecule has 7 heteroatoms. The molecule has 0 spiro atoms. The summed E-state index contributed by atoms with van der Waals surface area (Å²) < 4.78 is 5.56. The van der Waals surface area contributed by atoms with Gasteiger partial charge < -0.3 is 14.7 Å². The summed E-state index contributed by atoms with van der Waals surface area (Å²) in [4.78, 5) is 31.9. The smallest absolute Gasteiger partial charge is 0.295 e. The molecule has 2 aromatic carbocycles. The van der Waals surface area contributed by atoms with E-state index in [0.717, 1.165) is 5.56 Å². The van der Waals surface area contributed by atoms with Crippen LogP contribution in [0.3, 0.4) is 0 Å². The highest BCUT2D eigenvalue weighted by Crippen LogP contribution is 2.41. The van der Waals surface area contributed by atoms with Gasteiger partial charge in [-0.25, -0.2) is 0 Å². The molecular weight excluding hydrogens is 452 g/mol. The van der Waals surface area contributed by atoms with E-state index in [4.69, 9.17) is 16.3 Å². The van der Waals surface area contributed by atoms with Crippen LogP contribution in [0.4, 0.5) is 0 Å². The van der Waals surface area contributed by atoms with Gasteiger partial charge in [-0.05, 0) is 60.0 Å². The first-order chi connectivity index (χ1) is 16.4. The minimum absolute atomic E-state index is 0.0269. The number of benzene rings is 2. The highest BCUT2D eigenvalue weighted by molar-refractivity contribution is 6.46. The number of aliphatic hydroxyl groups excluding tert-OH is 1. The van der Waals surface area contributed by atoms with Crippen LogP contribution in [0.2, 0.25) is 5.02 Å². The van der Waals surface area contributed by atoms with Crippen LogP contribution in [0.5, 0.6) is 5.75 Å². The van der Waals surface area contributed by atoms with Gasteiger partial charge in [0.25, 0.3) is 11.7 Å². The number of ketones is 1. The van der Waals surface area contributed by atoms with Gasteiger partial charge in [0.1, 0.15) is 18.1 Å². The lowest BCUT2D eigenvalue weighted by Gasteiger charge is -2.25. The van der Waals surface area contributed by atoms with Crippen molar-refractivity contribution < 1.29 is 19.4 Å². The minimum atomic E-state index is -0.784. The van der Waals surface area contributed by atoms with E-state index in [2.05, 4.69) is 11.6 Å². The van der Waals surface area contributed by atoms with Crippen LogP contribution in [0, 0.1) is 6.92 Å². The van der Waals surface area contributed by atoms with Gasteiger partial charge >= 0.3 is 0 Å². The van der Waals surface area contributed by atoms with E-state index < -0.39 is 17.7 Å². The second kappa shape index (κ2) is 9.93. The number of carbonyl (C=O) groups excluding carboxylic acids is 2. The molecule has 1 amide bonds. The third-order valence-corrected chi connectivity index (χ3v) is 5.87. The number of halogens is 1. The zero-order chi connectivity index (χ0) is 24.2. The van der Waals surface area contributed by atoms with Gasteiger partial charge in [-0.1, -0.05) is 42.5 Å². The highest BCUT2D eigenvalue weighted by atomic mass is 35.5. The zero-order valence-corrected chi connectivity index (χ0v) is 19.3. The summed E-state index contributed by atoms with van der Waals surface area (Å²) in [6.45, 7) is 5.95. The topological polar surface area (TPSA) is 79.7 Å². The van der Waals surface area contributed by atoms with Crippen LogP contribution in [0.15, 0.2) is 85.2 Å². The van der Waals surface area contributed by atoms with E-state index in [1.54, 1.807) is 73.9 Å². The number of rotatable bonds is 7. The maximum atomic E-state index is 13.2. The maximum absolute atomic E-state index is 13.2. The molecule has 1 aliphatic rings. The molecule has 1 fully saturated rings. The number of likely N-dealkylation sites (tertiary alicyclic amines) is 1. The molecule has 1 aromatic heterocycles. The maximum Gasteiger partial charge on any atom is 0.295 e. The number of hydrogen-bond acceptors (Lipinski definition) is 5. The van der Waals surface area contributed by atoms with Gasteiger partial charge in [-0.3, -0.25) is 14.6 Å². The third-order valence-electron chi connectivity index (χ3n) is 5.62. The SMILES string of the molecule is C=CCOc1ccc(/C(O)=C2/C(=O)C(=O)N(Cc3cccnc3)C2c2ccc(Cl)cc2)c(C)c1. The number of ether oxygens (including phenoxy) is 1. The molecule has 2 heterocycles. The van der Waals surface area contributed by atoms with E-state index in [1.165, 1.54) is 4.90 Å². The van der Waals surface area contributed by atoms with Crippen molar-refractivity contribution in [1.29, 1.82) is 0 Å². The molecule has 1 atom stereocenters. The van der Waals surface area contributed by atoms with Gasteiger partial charge in [0.2, 0.25) is 0 Å². The van der Waals surface area contributed by atoms with Gasteiger partial charge in [0.05, 0.1) is 11.6 Å². The zero-order valence-electron chi connectivity index (χ0n) is 18.6. The fourth-order valence-corrected chi connectivity index (χ4v) is 4.14. The lowest BCUT2D eigenvalue weighted by atomic mass is 9.94. The van der Waals surface area contributed by atoms with Crippen LogP contribution < -0.4 is 4.74 Å². The molecule has 1 aliphatic heterocycles. The Bertz CT molecular complexity index is 1270. The molecule has 0 aliphatic carbocycles. The van der Waals surface area contributed by atoms with Crippen LogP contribution in [0.1, 0.15) is 28.3 Å². The Balaban J connectivity index is 1.82. The number of carbonyl (C=O) groups is 2. The predicted octanol–water partition coefficient (Wildman–Crippen LogP) is 5.23. The molecule has 0 bridgehead atoms. The largest absolute Gasteiger partial charge is 0.507 e. The molecule has 6 nitrogen and oxygen atoms in total. The van der Waals surface area contributed by atoms with Gasteiger partial charge in [-0.2, -0.15) is 0 Å².